The quantitative estimate of drug-likeness (QED) is 0.781. The lowest BCUT2D eigenvalue weighted by Crippen LogP contribution is -2.39. The van der Waals surface area contributed by atoms with Gasteiger partial charge in [0, 0.05) is 31.9 Å². The molecule has 2 aromatic rings. The van der Waals surface area contributed by atoms with Gasteiger partial charge >= 0.3 is 0 Å². The Morgan fingerprint density at radius 3 is 2.67 bits per heavy atom. The molecule has 5 nitrogen and oxygen atoms in total. The van der Waals surface area contributed by atoms with Crippen LogP contribution in [0.1, 0.15) is 25.7 Å². The van der Waals surface area contributed by atoms with E-state index >= 15 is 0 Å². The van der Waals surface area contributed by atoms with Gasteiger partial charge in [-0.15, -0.1) is 0 Å². The number of nitrogens with two attached hydrogens (primary N) is 1. The first-order valence-corrected chi connectivity index (χ1v) is 9.34. The van der Waals surface area contributed by atoms with Gasteiger partial charge in [-0.05, 0) is 49.8 Å². The van der Waals surface area contributed by atoms with Crippen molar-refractivity contribution < 1.29 is 4.74 Å². The molecule has 24 heavy (non-hydrogen) atoms. The lowest BCUT2D eigenvalue weighted by molar-refractivity contribution is 0.215. The summed E-state index contributed by atoms with van der Waals surface area (Å²) >= 11 is 1.73. The molecular weight excluding hydrogens is 320 g/mol. The van der Waals surface area contributed by atoms with Gasteiger partial charge in [-0.3, -0.25) is 0 Å². The molecular formula is C18H26N4OS. The van der Waals surface area contributed by atoms with E-state index in [1.54, 1.807) is 11.9 Å². The minimum absolute atomic E-state index is 0.364. The number of benzene rings is 1. The smallest absolute Gasteiger partial charge is 0.129 e. The molecule has 1 saturated carbocycles. The fourth-order valence-corrected chi connectivity index (χ4v) is 4.09. The Labute approximate surface area is 148 Å². The van der Waals surface area contributed by atoms with Crippen LogP contribution in [0.25, 0.3) is 0 Å². The van der Waals surface area contributed by atoms with Crippen LogP contribution in [0.5, 0.6) is 5.75 Å². The number of aryl methyl sites for hydroxylation is 1. The highest BCUT2D eigenvalue weighted by Gasteiger charge is 2.25. The van der Waals surface area contributed by atoms with Crippen molar-refractivity contribution in [3.63, 3.8) is 0 Å². The predicted molar refractivity (Wildman–Crippen MR) is 97.9 cm³/mol. The second-order valence-corrected chi connectivity index (χ2v) is 7.41. The summed E-state index contributed by atoms with van der Waals surface area (Å²) in [4.78, 5) is 4.45. The highest BCUT2D eigenvalue weighted by molar-refractivity contribution is 7.97. The van der Waals surface area contributed by atoms with Crippen molar-refractivity contribution in [1.82, 2.24) is 13.9 Å². The molecule has 1 fully saturated rings. The molecule has 1 aliphatic carbocycles. The fraction of sp³-hybridized carbons (Fsp3) is 0.500. The number of rotatable bonds is 7. The Kier molecular flexibility index (Phi) is 6.18. The van der Waals surface area contributed by atoms with Gasteiger partial charge in [-0.2, -0.15) is 0 Å². The minimum Gasteiger partial charge on any atom is -0.492 e. The fourth-order valence-electron chi connectivity index (χ4n) is 3.02. The van der Waals surface area contributed by atoms with Crippen LogP contribution in [0.2, 0.25) is 0 Å². The molecule has 1 aromatic heterocycles. The molecule has 2 N–H and O–H groups in total. The van der Waals surface area contributed by atoms with Crippen LogP contribution in [0.3, 0.4) is 0 Å². The van der Waals surface area contributed by atoms with Gasteiger partial charge in [0.1, 0.15) is 17.4 Å². The van der Waals surface area contributed by atoms with Crippen molar-refractivity contribution in [1.29, 1.82) is 0 Å². The second-order valence-electron chi connectivity index (χ2n) is 6.34. The Balaban J connectivity index is 1.58. The summed E-state index contributed by atoms with van der Waals surface area (Å²) in [6.07, 6.45) is 8.40. The number of aromatic nitrogens is 2. The van der Waals surface area contributed by atoms with E-state index in [0.717, 1.165) is 43.0 Å². The first kappa shape index (κ1) is 17.3. The first-order chi connectivity index (χ1) is 11.7. The van der Waals surface area contributed by atoms with Crippen molar-refractivity contribution >= 4 is 11.9 Å². The summed E-state index contributed by atoms with van der Waals surface area (Å²) in [6.45, 7) is 1.54. The third-order valence-corrected chi connectivity index (χ3v) is 5.48. The summed E-state index contributed by atoms with van der Waals surface area (Å²) in [5.74, 6) is 0.922. The standard InChI is InChI=1S/C18H26N4OS/c1-21-13-18(20-14-21)24-22(16-9-7-15(19)8-10-16)11-12-23-17-5-3-2-4-6-17/h2-6,13-16H,7-12,19H2,1H3. The number of hydrogen-bond donors (Lipinski definition) is 1. The molecule has 6 heteroatoms. The molecule has 0 bridgehead atoms. The monoisotopic (exact) mass is 346 g/mol. The largest absolute Gasteiger partial charge is 0.492 e. The molecule has 1 aromatic carbocycles. The van der Waals surface area contributed by atoms with Gasteiger partial charge in [0.2, 0.25) is 0 Å². The minimum atomic E-state index is 0.364. The Morgan fingerprint density at radius 2 is 2.00 bits per heavy atom. The van der Waals surface area contributed by atoms with Crippen LogP contribution in [0.15, 0.2) is 47.9 Å². The van der Waals surface area contributed by atoms with Gasteiger partial charge in [0.25, 0.3) is 0 Å². The van der Waals surface area contributed by atoms with E-state index in [1.807, 2.05) is 48.3 Å². The third-order valence-electron chi connectivity index (χ3n) is 4.36. The zero-order valence-electron chi connectivity index (χ0n) is 14.2. The molecule has 0 spiro atoms. The third kappa shape index (κ3) is 5.00. The van der Waals surface area contributed by atoms with E-state index in [0.29, 0.717) is 18.7 Å². The Hall–Kier alpha value is -1.50. The molecule has 0 amide bonds. The molecule has 0 radical (unpaired) electrons. The number of para-hydroxylation sites is 1. The molecule has 130 valence electrons. The lowest BCUT2D eigenvalue weighted by atomic mass is 9.92. The van der Waals surface area contributed by atoms with Crippen LogP contribution in [-0.2, 0) is 7.05 Å². The lowest BCUT2D eigenvalue weighted by Gasteiger charge is -2.34. The van der Waals surface area contributed by atoms with E-state index in [9.17, 15) is 0 Å². The molecule has 3 rings (SSSR count). The van der Waals surface area contributed by atoms with Crippen molar-refractivity contribution in [3.05, 3.63) is 42.9 Å². The maximum Gasteiger partial charge on any atom is 0.129 e. The summed E-state index contributed by atoms with van der Waals surface area (Å²) in [5, 5.41) is 1.03. The molecule has 0 aliphatic heterocycles. The maximum absolute atomic E-state index is 6.06. The van der Waals surface area contributed by atoms with E-state index < -0.39 is 0 Å². The normalized spacial score (nSPS) is 21.1. The van der Waals surface area contributed by atoms with Crippen molar-refractivity contribution in [2.45, 2.75) is 42.8 Å². The molecule has 0 unspecified atom stereocenters. The van der Waals surface area contributed by atoms with Crippen LogP contribution in [0, 0.1) is 0 Å². The van der Waals surface area contributed by atoms with Gasteiger partial charge in [0.05, 0.1) is 6.33 Å². The van der Waals surface area contributed by atoms with Crippen molar-refractivity contribution in [3.8, 4) is 5.75 Å². The highest BCUT2D eigenvalue weighted by Crippen LogP contribution is 2.30. The summed E-state index contributed by atoms with van der Waals surface area (Å²) < 4.78 is 10.3. The zero-order valence-corrected chi connectivity index (χ0v) is 15.0. The SMILES string of the molecule is Cn1cnc(SN(CCOc2ccccc2)C2CCC(N)CC2)c1. The van der Waals surface area contributed by atoms with Gasteiger partial charge in [-0.25, -0.2) is 9.29 Å². The average Bonchev–Trinajstić information content (AvgIpc) is 3.01. The van der Waals surface area contributed by atoms with E-state index in [-0.39, 0.29) is 0 Å². The Morgan fingerprint density at radius 1 is 1.25 bits per heavy atom. The highest BCUT2D eigenvalue weighted by atomic mass is 32.2. The van der Waals surface area contributed by atoms with Crippen molar-refractivity contribution in [2.75, 3.05) is 13.2 Å². The maximum atomic E-state index is 6.06. The van der Waals surface area contributed by atoms with Crippen LogP contribution >= 0.6 is 11.9 Å². The van der Waals surface area contributed by atoms with E-state index in [4.69, 9.17) is 10.5 Å². The number of imidazole rings is 1. The zero-order chi connectivity index (χ0) is 16.8. The predicted octanol–water partition coefficient (Wildman–Crippen LogP) is 3.08. The molecule has 0 saturated heterocycles. The number of ether oxygens (including phenoxy) is 1. The molecule has 1 heterocycles. The van der Waals surface area contributed by atoms with Gasteiger partial charge in [0.15, 0.2) is 0 Å². The van der Waals surface area contributed by atoms with Crippen LogP contribution in [-0.4, -0.2) is 39.1 Å². The summed E-state index contributed by atoms with van der Waals surface area (Å²) in [5.41, 5.74) is 6.06. The van der Waals surface area contributed by atoms with E-state index in [1.165, 1.54) is 0 Å². The van der Waals surface area contributed by atoms with Gasteiger partial charge < -0.3 is 15.0 Å². The number of hydrogen-bond acceptors (Lipinski definition) is 5. The van der Waals surface area contributed by atoms with Gasteiger partial charge in [-0.1, -0.05) is 18.2 Å². The molecule has 1 aliphatic rings. The molecule has 0 atom stereocenters. The van der Waals surface area contributed by atoms with E-state index in [2.05, 4.69) is 15.5 Å². The number of nitrogens with zero attached hydrogens (tertiary/aromatic N) is 3. The first-order valence-electron chi connectivity index (χ1n) is 8.57. The van der Waals surface area contributed by atoms with Crippen molar-refractivity contribution in [2.24, 2.45) is 12.8 Å². The average molecular weight is 347 g/mol. The van der Waals surface area contributed by atoms with Crippen LogP contribution < -0.4 is 10.5 Å². The summed E-state index contributed by atoms with van der Waals surface area (Å²) in [7, 11) is 2.00. The van der Waals surface area contributed by atoms with Crippen LogP contribution in [0.4, 0.5) is 0 Å². The topological polar surface area (TPSA) is 56.3 Å². The summed E-state index contributed by atoms with van der Waals surface area (Å²) in [6, 6.07) is 10.9. The second kappa shape index (κ2) is 8.55. The Bertz CT molecular complexity index is 610.